The number of nitrogens with one attached hydrogen (secondary N) is 4. The quantitative estimate of drug-likeness (QED) is 0.116. The highest BCUT2D eigenvalue weighted by Gasteiger charge is 2.64. The zero-order valence-electron chi connectivity index (χ0n) is 36.8. The molecule has 0 bridgehead atoms. The Morgan fingerprint density at radius 3 is 2.36 bits per heavy atom. The van der Waals surface area contributed by atoms with Gasteiger partial charge in [-0.2, -0.15) is 5.26 Å². The highest BCUT2D eigenvalue weighted by Crippen LogP contribution is 2.55. The van der Waals surface area contributed by atoms with E-state index in [0.717, 1.165) is 61.2 Å². The van der Waals surface area contributed by atoms with Crippen LogP contribution in [-0.2, 0) is 21.6 Å². The van der Waals surface area contributed by atoms with Crippen LogP contribution in [0.25, 0.3) is 5.57 Å². The number of carbonyl (C=O) groups excluding carboxylic acids is 2. The van der Waals surface area contributed by atoms with E-state index in [4.69, 9.17) is 21.1 Å². The van der Waals surface area contributed by atoms with E-state index in [1.807, 2.05) is 36.5 Å². The monoisotopic (exact) mass is 851 g/mol. The van der Waals surface area contributed by atoms with Crippen molar-refractivity contribution in [1.82, 2.24) is 31.1 Å². The molecule has 2 unspecified atom stereocenters. The number of likely N-dealkylation sites (N-methyl/N-ethyl adjacent to an activating group) is 1. The van der Waals surface area contributed by atoms with E-state index in [-0.39, 0.29) is 59.0 Å². The molecule has 326 valence electrons. The summed E-state index contributed by atoms with van der Waals surface area (Å²) in [5.41, 5.74) is 2.68. The van der Waals surface area contributed by atoms with Crippen molar-refractivity contribution >= 4 is 29.0 Å². The Morgan fingerprint density at radius 1 is 1.02 bits per heavy atom. The number of amides is 2. The number of carbonyl (C=O) groups is 2. The number of unbranched alkanes of at least 4 members (excludes halogenated alkanes) is 1. The average Bonchev–Trinajstić information content (AvgIpc) is 3.73. The molecule has 4 aliphatic rings. The predicted octanol–water partition coefficient (Wildman–Crippen LogP) is 6.37. The summed E-state index contributed by atoms with van der Waals surface area (Å²) in [7, 11) is 3.89. The first-order chi connectivity index (χ1) is 28.9. The number of nitriles is 1. The number of hydrogen-bond acceptors (Lipinski definition) is 10. The fourth-order valence-electron chi connectivity index (χ4n) is 10.1. The van der Waals surface area contributed by atoms with E-state index in [9.17, 15) is 20.0 Å². The van der Waals surface area contributed by atoms with Gasteiger partial charge in [0, 0.05) is 67.3 Å². The molecule has 3 aliphatic heterocycles. The number of halogens is 1. The Kier molecular flexibility index (Phi) is 12.9. The van der Waals surface area contributed by atoms with Crippen LogP contribution in [0.3, 0.4) is 0 Å². The molecule has 2 amide bonds. The van der Waals surface area contributed by atoms with Crippen LogP contribution in [0.4, 0.5) is 0 Å². The first-order valence-electron chi connectivity index (χ1n) is 21.6. The summed E-state index contributed by atoms with van der Waals surface area (Å²) in [6.45, 7) is 14.9. The van der Waals surface area contributed by atoms with Gasteiger partial charge in [-0.15, -0.1) is 0 Å². The maximum absolute atomic E-state index is 13.5. The van der Waals surface area contributed by atoms with Crippen molar-refractivity contribution in [2.75, 3.05) is 40.3 Å². The van der Waals surface area contributed by atoms with Crippen LogP contribution in [0, 0.1) is 34.0 Å². The van der Waals surface area contributed by atoms with Crippen molar-refractivity contribution in [1.29, 1.82) is 5.26 Å². The standard InChI is InChI=1S/C48H62ClN7O5/c1-46(2)43(47(3,4)44(46)61-34-18-14-30(25-50)38(49)24-34)54-41(57)31-26-52-45(53-27-31)55(7)22-10-9-11-29-12-16-33(17-13-29)60-39-19-15-32(48(5,6)59)23-36(39)37-28-56(8)42(58)40-35(37)20-21-51-40/h12-19,23-24,28,31,35,40,43-45,51-53,59H,9-11,20-22,26-27H2,1-8H3,(H,54,57). The second-order valence-electron chi connectivity index (χ2n) is 19.1. The summed E-state index contributed by atoms with van der Waals surface area (Å²) in [5, 5.41) is 34.2. The summed E-state index contributed by atoms with van der Waals surface area (Å²) in [5.74, 6) is 1.97. The maximum atomic E-state index is 13.5. The van der Waals surface area contributed by atoms with Crippen LogP contribution in [0.15, 0.2) is 66.9 Å². The third kappa shape index (κ3) is 9.34. The minimum absolute atomic E-state index is 0.0161. The number of aryl methyl sites for hydroxylation is 1. The SMILES string of the molecule is CN1C=C(c2cc(C(C)(C)O)ccc2Oc2ccc(CCCCN(C)C3NCC(C(=O)NC4C(C)(C)C(Oc5ccc(C#N)c(Cl)c5)C4(C)C)CN3)cc2)C2CCNC2C1=O. The van der Waals surface area contributed by atoms with Gasteiger partial charge in [-0.1, -0.05) is 57.5 Å². The predicted molar refractivity (Wildman–Crippen MR) is 238 cm³/mol. The van der Waals surface area contributed by atoms with Crippen LogP contribution < -0.4 is 30.7 Å². The van der Waals surface area contributed by atoms with Crippen LogP contribution in [0.5, 0.6) is 17.2 Å². The molecule has 7 rings (SSSR count). The van der Waals surface area contributed by atoms with Crippen molar-refractivity contribution in [2.45, 2.75) is 97.3 Å². The zero-order chi connectivity index (χ0) is 43.9. The molecular formula is C48H62ClN7O5. The Balaban J connectivity index is 0.861. The van der Waals surface area contributed by atoms with E-state index in [1.54, 1.807) is 44.0 Å². The number of aliphatic hydroxyl groups is 1. The van der Waals surface area contributed by atoms with Crippen LogP contribution in [0.2, 0.25) is 5.02 Å². The molecule has 3 fully saturated rings. The van der Waals surface area contributed by atoms with Gasteiger partial charge in [-0.3, -0.25) is 25.1 Å². The molecule has 3 aromatic rings. The van der Waals surface area contributed by atoms with Gasteiger partial charge in [0.2, 0.25) is 11.8 Å². The summed E-state index contributed by atoms with van der Waals surface area (Å²) < 4.78 is 12.9. The number of ether oxygens (including phenoxy) is 2. The number of nitrogens with zero attached hydrogens (tertiary/aromatic N) is 3. The van der Waals surface area contributed by atoms with Crippen molar-refractivity contribution in [3.8, 4) is 23.3 Å². The number of benzene rings is 3. The lowest BCUT2D eigenvalue weighted by molar-refractivity contribution is -0.174. The first-order valence-corrected chi connectivity index (χ1v) is 22.0. The smallest absolute Gasteiger partial charge is 0.244 e. The molecule has 0 spiro atoms. The molecule has 61 heavy (non-hydrogen) atoms. The first kappa shape index (κ1) is 44.6. The molecule has 13 heteroatoms. The van der Waals surface area contributed by atoms with Crippen molar-refractivity contribution in [3.63, 3.8) is 0 Å². The van der Waals surface area contributed by atoms with Crippen molar-refractivity contribution in [3.05, 3.63) is 94.1 Å². The lowest BCUT2D eigenvalue weighted by atomic mass is 9.49. The van der Waals surface area contributed by atoms with Crippen molar-refractivity contribution < 1.29 is 24.2 Å². The molecule has 5 N–H and O–H groups in total. The van der Waals surface area contributed by atoms with Gasteiger partial charge < -0.3 is 30.1 Å². The molecule has 1 saturated carbocycles. The van der Waals surface area contributed by atoms with Crippen LogP contribution in [-0.4, -0.2) is 91.5 Å². The lowest BCUT2D eigenvalue weighted by Crippen LogP contribution is -2.75. The molecule has 2 atom stereocenters. The highest BCUT2D eigenvalue weighted by atomic mass is 35.5. The van der Waals surface area contributed by atoms with Gasteiger partial charge in [0.1, 0.15) is 35.7 Å². The van der Waals surface area contributed by atoms with Gasteiger partial charge in [-0.05, 0) is 106 Å². The lowest BCUT2D eigenvalue weighted by Gasteiger charge is -2.63. The normalized spacial score (nSPS) is 25.6. The molecule has 3 aromatic carbocycles. The second-order valence-corrected chi connectivity index (χ2v) is 19.5. The van der Waals surface area contributed by atoms with E-state index in [2.05, 4.69) is 79.1 Å². The molecule has 2 saturated heterocycles. The van der Waals surface area contributed by atoms with Gasteiger partial charge >= 0.3 is 0 Å². The van der Waals surface area contributed by atoms with Crippen LogP contribution >= 0.6 is 11.6 Å². The molecule has 12 nitrogen and oxygen atoms in total. The topological polar surface area (TPSA) is 151 Å². The molecule has 0 aromatic heterocycles. The Labute approximate surface area is 366 Å². The minimum atomic E-state index is -1.03. The van der Waals surface area contributed by atoms with Crippen molar-refractivity contribution in [2.24, 2.45) is 22.7 Å². The number of hydrogen-bond donors (Lipinski definition) is 5. The molecule has 0 radical (unpaired) electrons. The Morgan fingerprint density at radius 2 is 1.70 bits per heavy atom. The number of fused-ring (bicyclic) bond motifs is 1. The van der Waals surface area contributed by atoms with Gasteiger partial charge in [0.15, 0.2) is 0 Å². The van der Waals surface area contributed by atoms with E-state index in [0.29, 0.717) is 35.2 Å². The van der Waals surface area contributed by atoms with Gasteiger partial charge in [0.25, 0.3) is 0 Å². The third-order valence-corrected chi connectivity index (χ3v) is 13.6. The Bertz CT molecular complexity index is 2150. The highest BCUT2D eigenvalue weighted by molar-refractivity contribution is 6.31. The van der Waals surface area contributed by atoms with E-state index in [1.165, 1.54) is 5.56 Å². The fraction of sp³-hybridized carbons (Fsp3) is 0.521. The van der Waals surface area contributed by atoms with E-state index < -0.39 is 5.60 Å². The van der Waals surface area contributed by atoms with E-state index >= 15 is 0 Å². The molecule has 1 aliphatic carbocycles. The summed E-state index contributed by atoms with van der Waals surface area (Å²) in [6, 6.07) is 20.9. The van der Waals surface area contributed by atoms with Gasteiger partial charge in [0.05, 0.1) is 28.1 Å². The summed E-state index contributed by atoms with van der Waals surface area (Å²) in [6.07, 6.45) is 5.59. The largest absolute Gasteiger partial charge is 0.489 e. The summed E-state index contributed by atoms with van der Waals surface area (Å²) in [4.78, 5) is 30.4. The molecule has 3 heterocycles. The average molecular weight is 853 g/mol. The maximum Gasteiger partial charge on any atom is 0.244 e. The van der Waals surface area contributed by atoms with Crippen LogP contribution in [0.1, 0.15) is 83.1 Å². The number of rotatable bonds is 14. The zero-order valence-corrected chi connectivity index (χ0v) is 37.5. The molecular weight excluding hydrogens is 790 g/mol. The minimum Gasteiger partial charge on any atom is -0.489 e. The summed E-state index contributed by atoms with van der Waals surface area (Å²) >= 11 is 6.26. The van der Waals surface area contributed by atoms with Gasteiger partial charge in [-0.25, -0.2) is 0 Å². The second kappa shape index (κ2) is 17.7. The Hall–Kier alpha value is -4.48. The fourth-order valence-corrected chi connectivity index (χ4v) is 10.3. The third-order valence-electron chi connectivity index (χ3n) is 13.3.